The molecule has 0 N–H and O–H groups in total. The lowest BCUT2D eigenvalue weighted by molar-refractivity contribution is -0.126. The number of hydrogen-bond donors (Lipinski definition) is 0. The smallest absolute Gasteiger partial charge is 0.342 e. The first-order valence-electron chi connectivity index (χ1n) is 4.52. The van der Waals surface area contributed by atoms with Crippen molar-refractivity contribution >= 4 is 5.91 Å². The van der Waals surface area contributed by atoms with E-state index in [1.165, 1.54) is 11.9 Å². The number of nitrogens with zero attached hydrogens (tertiary/aromatic N) is 1. The molecule has 0 fully saturated rings. The van der Waals surface area contributed by atoms with Crippen LogP contribution in [0.5, 0.6) is 0 Å². The summed E-state index contributed by atoms with van der Waals surface area (Å²) in [5.74, 6) is -0.637. The lowest BCUT2D eigenvalue weighted by atomic mass is 9.96. The van der Waals surface area contributed by atoms with Gasteiger partial charge in [0.1, 0.15) is 0 Å². The molecule has 88 valence electrons. The summed E-state index contributed by atoms with van der Waals surface area (Å²) in [6.45, 7) is 6.13. The minimum atomic E-state index is -4.43. The van der Waals surface area contributed by atoms with E-state index < -0.39 is 12.1 Å². The van der Waals surface area contributed by atoms with Crippen molar-refractivity contribution in [3.63, 3.8) is 0 Å². The molecular formula is C10H16F3NO. The Labute approximate surface area is 87.8 Å². The Kier molecular flexibility index (Phi) is 4.37. The van der Waals surface area contributed by atoms with Gasteiger partial charge in [0.15, 0.2) is 0 Å². The van der Waals surface area contributed by atoms with E-state index in [9.17, 15) is 18.0 Å². The van der Waals surface area contributed by atoms with Crippen LogP contribution in [0.1, 0.15) is 20.8 Å². The summed E-state index contributed by atoms with van der Waals surface area (Å²) < 4.78 is 35.3. The van der Waals surface area contributed by atoms with E-state index in [-0.39, 0.29) is 11.5 Å². The second-order valence-corrected chi connectivity index (χ2v) is 4.63. The van der Waals surface area contributed by atoms with Gasteiger partial charge in [0.2, 0.25) is 5.91 Å². The molecule has 0 saturated heterocycles. The Hall–Kier alpha value is -1.00. The van der Waals surface area contributed by atoms with E-state index in [0.29, 0.717) is 12.6 Å². The summed E-state index contributed by atoms with van der Waals surface area (Å²) in [6.07, 6.45) is -3.93. The highest BCUT2D eigenvalue weighted by Crippen LogP contribution is 2.17. The lowest BCUT2D eigenvalue weighted by Gasteiger charge is -2.25. The normalized spacial score (nSPS) is 13.3. The number of likely N-dealkylation sites (N-methyl/N-ethyl adjacent to an activating group) is 1. The van der Waals surface area contributed by atoms with Crippen LogP contribution >= 0.6 is 0 Å². The molecule has 0 heterocycles. The first-order chi connectivity index (χ1) is 6.51. The SMILES string of the molecule is CN(CC(C)(C)C)C(=O)/C=C/C(F)(F)F. The fraction of sp³-hybridized carbons (Fsp3) is 0.700. The largest absolute Gasteiger partial charge is 0.409 e. The van der Waals surface area contributed by atoms with Crippen LogP contribution in [0.2, 0.25) is 0 Å². The number of hydrogen-bond acceptors (Lipinski definition) is 1. The van der Waals surface area contributed by atoms with Gasteiger partial charge in [-0.15, -0.1) is 0 Å². The van der Waals surface area contributed by atoms with Crippen molar-refractivity contribution in [1.82, 2.24) is 4.90 Å². The summed E-state index contributed by atoms with van der Waals surface area (Å²) in [4.78, 5) is 12.5. The van der Waals surface area contributed by atoms with Gasteiger partial charge in [0.05, 0.1) is 0 Å². The molecule has 1 amide bonds. The van der Waals surface area contributed by atoms with Gasteiger partial charge in [-0.3, -0.25) is 4.79 Å². The molecule has 15 heavy (non-hydrogen) atoms. The summed E-state index contributed by atoms with van der Waals surface area (Å²) >= 11 is 0. The fourth-order valence-electron chi connectivity index (χ4n) is 1.08. The summed E-state index contributed by atoms with van der Waals surface area (Å²) in [6, 6.07) is 0. The van der Waals surface area contributed by atoms with Crippen LogP contribution in [0.4, 0.5) is 13.2 Å². The van der Waals surface area contributed by atoms with Crippen LogP contribution < -0.4 is 0 Å². The van der Waals surface area contributed by atoms with Crippen molar-refractivity contribution in [3.8, 4) is 0 Å². The molecule has 0 atom stereocenters. The Morgan fingerprint density at radius 1 is 1.27 bits per heavy atom. The zero-order valence-electron chi connectivity index (χ0n) is 9.35. The summed E-state index contributed by atoms with van der Waals surface area (Å²) in [5, 5.41) is 0. The second-order valence-electron chi connectivity index (χ2n) is 4.63. The van der Waals surface area contributed by atoms with Crippen LogP contribution in [-0.4, -0.2) is 30.6 Å². The molecule has 0 radical (unpaired) electrons. The highest BCUT2D eigenvalue weighted by atomic mass is 19.4. The molecule has 0 aliphatic carbocycles. The zero-order chi connectivity index (χ0) is 12.3. The third kappa shape index (κ3) is 8.03. The molecule has 0 aromatic rings. The molecule has 0 rings (SSSR count). The monoisotopic (exact) mass is 223 g/mol. The standard InChI is InChI=1S/C10H16F3NO/c1-9(2,3)7-14(4)8(15)5-6-10(11,12)13/h5-6H,7H2,1-4H3/b6-5+. The fourth-order valence-corrected chi connectivity index (χ4v) is 1.08. The first-order valence-corrected chi connectivity index (χ1v) is 4.52. The van der Waals surface area contributed by atoms with Gasteiger partial charge in [-0.1, -0.05) is 20.8 Å². The zero-order valence-corrected chi connectivity index (χ0v) is 9.35. The molecule has 0 saturated carbocycles. The third-order valence-corrected chi connectivity index (χ3v) is 1.50. The average molecular weight is 223 g/mol. The van der Waals surface area contributed by atoms with Gasteiger partial charge in [-0.25, -0.2) is 0 Å². The summed E-state index contributed by atoms with van der Waals surface area (Å²) in [5.41, 5.74) is -0.128. The molecule has 0 aliphatic rings. The van der Waals surface area contributed by atoms with E-state index >= 15 is 0 Å². The molecule has 0 aromatic heterocycles. The number of halogens is 3. The quantitative estimate of drug-likeness (QED) is 0.659. The van der Waals surface area contributed by atoms with E-state index in [1.807, 2.05) is 20.8 Å². The van der Waals surface area contributed by atoms with Crippen LogP contribution in [0.25, 0.3) is 0 Å². The van der Waals surface area contributed by atoms with Crippen LogP contribution in [-0.2, 0) is 4.79 Å². The maximum Gasteiger partial charge on any atom is 0.409 e. The highest BCUT2D eigenvalue weighted by Gasteiger charge is 2.23. The van der Waals surface area contributed by atoms with Gasteiger partial charge < -0.3 is 4.90 Å². The van der Waals surface area contributed by atoms with Crippen molar-refractivity contribution in [1.29, 1.82) is 0 Å². The Balaban J connectivity index is 4.30. The number of allylic oxidation sites excluding steroid dienone is 1. The highest BCUT2D eigenvalue weighted by molar-refractivity contribution is 5.87. The predicted octanol–water partition coefficient (Wildman–Crippen LogP) is 2.61. The maximum atomic E-state index is 11.8. The number of carbonyl (C=O) groups is 1. The van der Waals surface area contributed by atoms with Crippen molar-refractivity contribution < 1.29 is 18.0 Å². The third-order valence-electron chi connectivity index (χ3n) is 1.50. The molecular weight excluding hydrogens is 207 g/mol. The van der Waals surface area contributed by atoms with Crippen LogP contribution in [0.15, 0.2) is 12.2 Å². The first kappa shape index (κ1) is 14.0. The van der Waals surface area contributed by atoms with Gasteiger partial charge >= 0.3 is 6.18 Å². The van der Waals surface area contributed by atoms with Crippen LogP contribution in [0.3, 0.4) is 0 Å². The van der Waals surface area contributed by atoms with Gasteiger partial charge in [-0.05, 0) is 5.41 Å². The van der Waals surface area contributed by atoms with Crippen LogP contribution in [0, 0.1) is 5.41 Å². The molecule has 0 unspecified atom stereocenters. The molecule has 0 spiro atoms. The van der Waals surface area contributed by atoms with Gasteiger partial charge in [0, 0.05) is 25.7 Å². The van der Waals surface area contributed by atoms with Crippen molar-refractivity contribution in [3.05, 3.63) is 12.2 Å². The Morgan fingerprint density at radius 3 is 2.07 bits per heavy atom. The number of alkyl halides is 3. The van der Waals surface area contributed by atoms with Gasteiger partial charge in [-0.2, -0.15) is 13.2 Å². The topological polar surface area (TPSA) is 20.3 Å². The second kappa shape index (κ2) is 4.68. The minimum absolute atomic E-state index is 0.0471. The molecule has 5 heteroatoms. The summed E-state index contributed by atoms with van der Waals surface area (Å²) in [7, 11) is 1.48. The van der Waals surface area contributed by atoms with Crippen molar-refractivity contribution in [2.75, 3.05) is 13.6 Å². The van der Waals surface area contributed by atoms with E-state index in [1.54, 1.807) is 0 Å². The lowest BCUT2D eigenvalue weighted by Crippen LogP contribution is -2.33. The van der Waals surface area contributed by atoms with Crippen molar-refractivity contribution in [2.45, 2.75) is 26.9 Å². The van der Waals surface area contributed by atoms with E-state index in [2.05, 4.69) is 0 Å². The van der Waals surface area contributed by atoms with Crippen molar-refractivity contribution in [2.24, 2.45) is 5.41 Å². The van der Waals surface area contributed by atoms with Gasteiger partial charge in [0.25, 0.3) is 0 Å². The Morgan fingerprint density at radius 2 is 1.73 bits per heavy atom. The molecule has 0 aliphatic heterocycles. The van der Waals surface area contributed by atoms with E-state index in [4.69, 9.17) is 0 Å². The van der Waals surface area contributed by atoms with E-state index in [0.717, 1.165) is 0 Å². The Bertz CT molecular complexity index is 250. The minimum Gasteiger partial charge on any atom is -0.342 e. The predicted molar refractivity (Wildman–Crippen MR) is 52.3 cm³/mol. The number of carbonyl (C=O) groups excluding carboxylic acids is 1. The molecule has 0 bridgehead atoms. The molecule has 2 nitrogen and oxygen atoms in total. The maximum absolute atomic E-state index is 11.8. The average Bonchev–Trinajstić information content (AvgIpc) is 1.95. The number of rotatable bonds is 2. The molecule has 0 aromatic carbocycles. The number of amides is 1.